The van der Waals surface area contributed by atoms with Crippen LogP contribution in [0.25, 0.3) is 0 Å². The Morgan fingerprint density at radius 3 is 2.78 bits per heavy atom. The van der Waals surface area contributed by atoms with E-state index in [1.807, 2.05) is 11.1 Å². The van der Waals surface area contributed by atoms with Gasteiger partial charge in [0.05, 0.1) is 10.6 Å². The maximum absolute atomic E-state index is 11.4. The van der Waals surface area contributed by atoms with E-state index in [0.29, 0.717) is 35.2 Å². The first-order valence-electron chi connectivity index (χ1n) is 7.09. The lowest BCUT2D eigenvalue weighted by atomic mass is 10.1. The molecule has 122 valence electrons. The van der Waals surface area contributed by atoms with Crippen molar-refractivity contribution in [2.75, 3.05) is 37.3 Å². The van der Waals surface area contributed by atoms with E-state index in [0.717, 1.165) is 13.1 Å². The Labute approximate surface area is 138 Å². The fourth-order valence-corrected chi connectivity index (χ4v) is 2.72. The first-order valence-corrected chi connectivity index (χ1v) is 8.31. The summed E-state index contributed by atoms with van der Waals surface area (Å²) in [4.78, 5) is 17.4. The number of nitro groups is 1. The molecule has 0 bridgehead atoms. The first kappa shape index (κ1) is 17.1. The Kier molecular flexibility index (Phi) is 5.78. The normalized spacial score (nSPS) is 15.2. The second-order valence-electron chi connectivity index (χ2n) is 4.98. The summed E-state index contributed by atoms with van der Waals surface area (Å²) in [5, 5.41) is 26.3. The fourth-order valence-electron chi connectivity index (χ4n) is 2.38. The van der Waals surface area contributed by atoms with Crippen molar-refractivity contribution in [2.45, 2.75) is 6.92 Å². The summed E-state index contributed by atoms with van der Waals surface area (Å²) >= 11 is 1.31. The molecule has 2 N–H and O–H groups in total. The summed E-state index contributed by atoms with van der Waals surface area (Å²) < 4.78 is 0. The Balaban J connectivity index is 2.48. The van der Waals surface area contributed by atoms with Gasteiger partial charge in [-0.15, -0.1) is 0 Å². The molecule has 1 fully saturated rings. The molecular formula is C14H18N6O2S. The van der Waals surface area contributed by atoms with Gasteiger partial charge < -0.3 is 10.2 Å². The summed E-state index contributed by atoms with van der Waals surface area (Å²) in [5.41, 5.74) is 1.97. The third-order valence-corrected chi connectivity index (χ3v) is 4.11. The smallest absolute Gasteiger partial charge is 0.292 e. The van der Waals surface area contributed by atoms with Crippen molar-refractivity contribution in [3.8, 4) is 6.19 Å². The minimum Gasteiger partial charge on any atom is -0.363 e. The van der Waals surface area contributed by atoms with Gasteiger partial charge in [0.2, 0.25) is 0 Å². The van der Waals surface area contributed by atoms with Gasteiger partial charge in [-0.3, -0.25) is 15.4 Å². The second kappa shape index (κ2) is 7.80. The van der Waals surface area contributed by atoms with E-state index < -0.39 is 0 Å². The van der Waals surface area contributed by atoms with Crippen molar-refractivity contribution in [2.24, 2.45) is 4.99 Å². The average Bonchev–Trinajstić information content (AvgIpc) is 2.56. The Hall–Kier alpha value is -2.31. The molecule has 0 unspecified atom stereocenters. The third-order valence-electron chi connectivity index (χ3n) is 3.53. The quantitative estimate of drug-likeness (QED) is 0.216. The number of hydrogen-bond acceptors (Lipinski definition) is 7. The lowest BCUT2D eigenvalue weighted by molar-refractivity contribution is -0.384. The number of piperazine rings is 1. The third kappa shape index (κ3) is 4.12. The predicted octanol–water partition coefficient (Wildman–Crippen LogP) is 1.73. The van der Waals surface area contributed by atoms with Gasteiger partial charge >= 0.3 is 0 Å². The second-order valence-corrected chi connectivity index (χ2v) is 5.77. The van der Waals surface area contributed by atoms with Gasteiger partial charge in [0.15, 0.2) is 11.4 Å². The zero-order valence-electron chi connectivity index (χ0n) is 13.0. The highest BCUT2D eigenvalue weighted by molar-refractivity contribution is 8.13. The van der Waals surface area contributed by atoms with Crippen molar-refractivity contribution in [3.05, 3.63) is 27.8 Å². The lowest BCUT2D eigenvalue weighted by Crippen LogP contribution is -2.43. The minimum atomic E-state index is -0.360. The summed E-state index contributed by atoms with van der Waals surface area (Å²) in [5.74, 6) is 0. The maximum atomic E-state index is 11.4. The molecule has 1 aliphatic heterocycles. The molecule has 1 heterocycles. The van der Waals surface area contributed by atoms with Crippen LogP contribution in [0.1, 0.15) is 5.56 Å². The van der Waals surface area contributed by atoms with Crippen molar-refractivity contribution in [3.63, 3.8) is 0 Å². The zero-order chi connectivity index (χ0) is 16.8. The van der Waals surface area contributed by atoms with E-state index in [-0.39, 0.29) is 10.6 Å². The SMILES string of the molecule is CSC(=Nc1cc(N2CCNCC2)c([N+](=O)[O-])cc1C)NC#N. The van der Waals surface area contributed by atoms with Crippen LogP contribution in [0.5, 0.6) is 0 Å². The number of nitriles is 1. The van der Waals surface area contributed by atoms with E-state index in [9.17, 15) is 10.1 Å². The number of aryl methyl sites for hydroxylation is 1. The topological polar surface area (TPSA) is 107 Å². The van der Waals surface area contributed by atoms with Crippen LogP contribution in [0.15, 0.2) is 17.1 Å². The molecule has 2 rings (SSSR count). The maximum Gasteiger partial charge on any atom is 0.292 e. The number of rotatable bonds is 3. The van der Waals surface area contributed by atoms with Crippen LogP contribution >= 0.6 is 11.8 Å². The van der Waals surface area contributed by atoms with Crippen LogP contribution < -0.4 is 15.5 Å². The van der Waals surface area contributed by atoms with Crippen molar-refractivity contribution < 1.29 is 4.92 Å². The molecule has 23 heavy (non-hydrogen) atoms. The van der Waals surface area contributed by atoms with Crippen LogP contribution in [0.2, 0.25) is 0 Å². The number of nitrogens with zero attached hydrogens (tertiary/aromatic N) is 4. The van der Waals surface area contributed by atoms with Crippen LogP contribution in [-0.2, 0) is 0 Å². The Morgan fingerprint density at radius 2 is 2.22 bits per heavy atom. The standard InChI is InChI=1S/C14H18N6O2S/c1-10-7-13(20(21)22)12(19-5-3-16-4-6-19)8-11(10)18-14(23-2)17-9-15/h7-8,16H,3-6H2,1-2H3,(H,17,18). The molecule has 1 aliphatic rings. The first-order chi connectivity index (χ1) is 11.1. The molecule has 8 nitrogen and oxygen atoms in total. The molecule has 1 saturated heterocycles. The van der Waals surface area contributed by atoms with Crippen LogP contribution in [0.3, 0.4) is 0 Å². The van der Waals surface area contributed by atoms with Gasteiger partial charge in [0.25, 0.3) is 5.69 Å². The van der Waals surface area contributed by atoms with E-state index in [2.05, 4.69) is 15.6 Å². The number of nitrogens with one attached hydrogen (secondary N) is 2. The summed E-state index contributed by atoms with van der Waals surface area (Å²) in [6.45, 7) is 4.76. The van der Waals surface area contributed by atoms with Gasteiger partial charge in [-0.25, -0.2) is 4.99 Å². The molecule has 0 amide bonds. The lowest BCUT2D eigenvalue weighted by Gasteiger charge is -2.29. The highest BCUT2D eigenvalue weighted by Gasteiger charge is 2.23. The number of benzene rings is 1. The average molecular weight is 334 g/mol. The molecule has 0 radical (unpaired) electrons. The Bertz CT molecular complexity index is 664. The number of nitro benzene ring substituents is 1. The minimum absolute atomic E-state index is 0.0855. The van der Waals surface area contributed by atoms with E-state index in [1.165, 1.54) is 11.8 Å². The van der Waals surface area contributed by atoms with Gasteiger partial charge in [-0.05, 0) is 24.8 Å². The molecule has 0 spiro atoms. The molecule has 0 aromatic heterocycles. The van der Waals surface area contributed by atoms with E-state index in [1.54, 1.807) is 25.3 Å². The molecule has 0 atom stereocenters. The summed E-state index contributed by atoms with van der Waals surface area (Å²) in [7, 11) is 0. The number of thioether (sulfide) groups is 1. The van der Waals surface area contributed by atoms with Crippen LogP contribution in [0, 0.1) is 28.5 Å². The van der Waals surface area contributed by atoms with Crippen molar-refractivity contribution in [1.82, 2.24) is 10.6 Å². The summed E-state index contributed by atoms with van der Waals surface area (Å²) in [6, 6.07) is 3.27. The van der Waals surface area contributed by atoms with Crippen LogP contribution in [0.4, 0.5) is 17.1 Å². The number of hydrogen-bond donors (Lipinski definition) is 2. The van der Waals surface area contributed by atoms with Crippen molar-refractivity contribution in [1.29, 1.82) is 5.26 Å². The van der Waals surface area contributed by atoms with Gasteiger partial charge in [-0.2, -0.15) is 5.26 Å². The molecule has 1 aromatic rings. The number of aliphatic imine (C=N–C) groups is 1. The fraction of sp³-hybridized carbons (Fsp3) is 0.429. The Morgan fingerprint density at radius 1 is 1.52 bits per heavy atom. The molecule has 1 aromatic carbocycles. The zero-order valence-corrected chi connectivity index (χ0v) is 13.8. The summed E-state index contributed by atoms with van der Waals surface area (Å²) in [6.07, 6.45) is 3.64. The van der Waals surface area contributed by atoms with Crippen molar-refractivity contribution >= 4 is 34.0 Å². The van der Waals surface area contributed by atoms with E-state index in [4.69, 9.17) is 5.26 Å². The monoisotopic (exact) mass is 334 g/mol. The van der Waals surface area contributed by atoms with Gasteiger partial charge in [0.1, 0.15) is 5.69 Å². The predicted molar refractivity (Wildman–Crippen MR) is 92.3 cm³/mol. The van der Waals surface area contributed by atoms with Gasteiger partial charge in [-0.1, -0.05) is 11.8 Å². The largest absolute Gasteiger partial charge is 0.363 e. The number of amidine groups is 1. The molecular weight excluding hydrogens is 316 g/mol. The molecule has 0 saturated carbocycles. The van der Waals surface area contributed by atoms with Gasteiger partial charge in [0, 0.05) is 32.2 Å². The highest BCUT2D eigenvalue weighted by atomic mass is 32.2. The number of anilines is 1. The van der Waals surface area contributed by atoms with E-state index >= 15 is 0 Å². The highest BCUT2D eigenvalue weighted by Crippen LogP contribution is 2.35. The molecule has 9 heteroatoms. The molecule has 0 aliphatic carbocycles. The van der Waals surface area contributed by atoms with Crippen LogP contribution in [-0.4, -0.2) is 42.5 Å².